The van der Waals surface area contributed by atoms with E-state index < -0.39 is 11.4 Å². The fraction of sp³-hybridized carbons (Fsp3) is 0.286. The van der Waals surface area contributed by atoms with Crippen molar-refractivity contribution in [3.8, 4) is 11.3 Å². The molecule has 1 saturated carbocycles. The Morgan fingerprint density at radius 3 is 2.56 bits per heavy atom. The van der Waals surface area contributed by atoms with Crippen LogP contribution in [0.15, 0.2) is 35.7 Å². The molecule has 0 saturated heterocycles. The largest absolute Gasteiger partial charge is 0.481 e. The number of aromatic nitrogens is 1. The van der Waals surface area contributed by atoms with Gasteiger partial charge in [0.2, 0.25) is 0 Å². The Labute approximate surface area is 109 Å². The lowest BCUT2D eigenvalue weighted by atomic mass is 9.69. The Morgan fingerprint density at radius 2 is 2.00 bits per heavy atom. The highest BCUT2D eigenvalue weighted by Gasteiger charge is 2.48. The summed E-state index contributed by atoms with van der Waals surface area (Å²) in [4.78, 5) is 16.0. The van der Waals surface area contributed by atoms with E-state index in [2.05, 4.69) is 4.98 Å². The minimum absolute atomic E-state index is 0.711. The number of hydrogen-bond donors (Lipinski definition) is 1. The third kappa shape index (κ3) is 1.64. The van der Waals surface area contributed by atoms with Crippen LogP contribution in [0.2, 0.25) is 0 Å². The average molecular weight is 259 g/mol. The molecule has 92 valence electrons. The van der Waals surface area contributed by atoms with E-state index in [1.165, 1.54) is 11.3 Å². The Hall–Kier alpha value is -1.68. The molecule has 1 aromatic carbocycles. The first-order valence-corrected chi connectivity index (χ1v) is 6.85. The summed E-state index contributed by atoms with van der Waals surface area (Å²) in [7, 11) is 0. The molecule has 0 aliphatic heterocycles. The van der Waals surface area contributed by atoms with Crippen molar-refractivity contribution in [2.45, 2.75) is 24.7 Å². The highest BCUT2D eigenvalue weighted by Crippen LogP contribution is 2.45. The van der Waals surface area contributed by atoms with E-state index in [-0.39, 0.29) is 0 Å². The summed E-state index contributed by atoms with van der Waals surface area (Å²) in [6.45, 7) is 0. The van der Waals surface area contributed by atoms with Gasteiger partial charge in [-0.3, -0.25) is 4.79 Å². The van der Waals surface area contributed by atoms with Gasteiger partial charge in [0.15, 0.2) is 0 Å². The zero-order valence-electron chi connectivity index (χ0n) is 9.80. The number of carboxylic acids is 1. The van der Waals surface area contributed by atoms with Crippen LogP contribution >= 0.6 is 11.3 Å². The Balaban J connectivity index is 1.97. The van der Waals surface area contributed by atoms with Crippen LogP contribution in [0, 0.1) is 0 Å². The standard InChI is InChI=1S/C14H13NO2S/c16-13(17)14(7-4-8-14)12-15-11(9-18-12)10-5-2-1-3-6-10/h1-3,5-6,9H,4,7-8H2,(H,16,17). The number of hydrogen-bond acceptors (Lipinski definition) is 3. The molecular formula is C14H13NO2S. The van der Waals surface area contributed by atoms with E-state index >= 15 is 0 Å². The normalized spacial score (nSPS) is 17.1. The van der Waals surface area contributed by atoms with E-state index in [4.69, 9.17) is 0 Å². The molecule has 1 N–H and O–H groups in total. The van der Waals surface area contributed by atoms with E-state index in [1.807, 2.05) is 35.7 Å². The number of benzene rings is 1. The van der Waals surface area contributed by atoms with E-state index in [0.29, 0.717) is 12.8 Å². The molecule has 2 aromatic rings. The molecule has 3 nitrogen and oxygen atoms in total. The predicted octanol–water partition coefficient (Wildman–Crippen LogP) is 3.32. The maximum atomic E-state index is 11.4. The predicted molar refractivity (Wildman–Crippen MR) is 70.7 cm³/mol. The summed E-state index contributed by atoms with van der Waals surface area (Å²) < 4.78 is 0. The van der Waals surface area contributed by atoms with Crippen LogP contribution in [0.1, 0.15) is 24.3 Å². The zero-order chi connectivity index (χ0) is 12.6. The smallest absolute Gasteiger partial charge is 0.316 e. The molecule has 4 heteroatoms. The lowest BCUT2D eigenvalue weighted by Gasteiger charge is -2.35. The molecule has 1 heterocycles. The SMILES string of the molecule is O=C(O)C1(c2nc(-c3ccccc3)cs2)CCC1. The fourth-order valence-electron chi connectivity index (χ4n) is 2.28. The van der Waals surface area contributed by atoms with Gasteiger partial charge in [-0.1, -0.05) is 36.8 Å². The molecule has 0 spiro atoms. The summed E-state index contributed by atoms with van der Waals surface area (Å²) >= 11 is 1.46. The molecule has 1 aromatic heterocycles. The van der Waals surface area contributed by atoms with E-state index in [9.17, 15) is 9.90 Å². The summed E-state index contributed by atoms with van der Waals surface area (Å²) in [6, 6.07) is 9.87. The van der Waals surface area contributed by atoms with Gasteiger partial charge in [0.25, 0.3) is 0 Å². The van der Waals surface area contributed by atoms with Crippen LogP contribution in [-0.2, 0) is 10.2 Å². The van der Waals surface area contributed by atoms with E-state index in [0.717, 1.165) is 22.7 Å². The van der Waals surface area contributed by atoms with Gasteiger partial charge in [-0.15, -0.1) is 11.3 Å². The highest BCUT2D eigenvalue weighted by atomic mass is 32.1. The molecule has 1 aliphatic carbocycles. The summed E-state index contributed by atoms with van der Waals surface area (Å²) in [5.74, 6) is -0.734. The summed E-state index contributed by atoms with van der Waals surface area (Å²) in [5, 5.41) is 12.1. The van der Waals surface area contributed by atoms with Crippen LogP contribution in [0.3, 0.4) is 0 Å². The van der Waals surface area contributed by atoms with Crippen molar-refractivity contribution in [2.24, 2.45) is 0 Å². The van der Waals surface area contributed by atoms with Crippen LogP contribution in [0.5, 0.6) is 0 Å². The monoisotopic (exact) mass is 259 g/mol. The quantitative estimate of drug-likeness (QED) is 0.920. The summed E-state index contributed by atoms with van der Waals surface area (Å²) in [5.41, 5.74) is 1.21. The maximum absolute atomic E-state index is 11.4. The lowest BCUT2D eigenvalue weighted by molar-refractivity contribution is -0.147. The first kappa shape index (κ1) is 11.4. The molecule has 0 unspecified atom stereocenters. The van der Waals surface area contributed by atoms with Gasteiger partial charge in [-0.25, -0.2) is 4.98 Å². The number of rotatable bonds is 3. The van der Waals surface area contributed by atoms with Crippen molar-refractivity contribution in [1.29, 1.82) is 0 Å². The number of carbonyl (C=O) groups is 1. The lowest BCUT2D eigenvalue weighted by Crippen LogP contribution is -2.42. The second kappa shape index (κ2) is 4.21. The van der Waals surface area contributed by atoms with Gasteiger partial charge < -0.3 is 5.11 Å². The van der Waals surface area contributed by atoms with Gasteiger partial charge in [-0.05, 0) is 12.8 Å². The van der Waals surface area contributed by atoms with Crippen molar-refractivity contribution in [3.63, 3.8) is 0 Å². The third-order valence-corrected chi connectivity index (χ3v) is 4.65. The van der Waals surface area contributed by atoms with Crippen molar-refractivity contribution in [3.05, 3.63) is 40.7 Å². The van der Waals surface area contributed by atoms with Gasteiger partial charge in [0, 0.05) is 10.9 Å². The van der Waals surface area contributed by atoms with Crippen LogP contribution in [0.4, 0.5) is 0 Å². The molecule has 0 bridgehead atoms. The summed E-state index contributed by atoms with van der Waals surface area (Å²) in [6.07, 6.45) is 2.40. The Bertz CT molecular complexity index is 572. The molecular weight excluding hydrogens is 246 g/mol. The van der Waals surface area contributed by atoms with Gasteiger partial charge in [-0.2, -0.15) is 0 Å². The first-order valence-electron chi connectivity index (χ1n) is 5.97. The van der Waals surface area contributed by atoms with Gasteiger partial charge in [0.1, 0.15) is 10.4 Å². The zero-order valence-corrected chi connectivity index (χ0v) is 10.6. The number of nitrogens with zero attached hydrogens (tertiary/aromatic N) is 1. The molecule has 18 heavy (non-hydrogen) atoms. The molecule has 1 fully saturated rings. The number of thiazole rings is 1. The highest BCUT2D eigenvalue weighted by molar-refractivity contribution is 7.10. The molecule has 1 aliphatic rings. The van der Waals surface area contributed by atoms with Gasteiger partial charge >= 0.3 is 5.97 Å². The van der Waals surface area contributed by atoms with Gasteiger partial charge in [0.05, 0.1) is 5.69 Å². The number of carboxylic acid groups (broad SMARTS) is 1. The van der Waals surface area contributed by atoms with Crippen molar-refractivity contribution < 1.29 is 9.90 Å². The van der Waals surface area contributed by atoms with Crippen molar-refractivity contribution in [1.82, 2.24) is 4.98 Å². The number of aliphatic carboxylic acids is 1. The average Bonchev–Trinajstić information content (AvgIpc) is 2.78. The maximum Gasteiger partial charge on any atom is 0.316 e. The second-order valence-corrected chi connectivity index (χ2v) is 5.50. The Morgan fingerprint density at radius 1 is 1.28 bits per heavy atom. The van der Waals surface area contributed by atoms with E-state index in [1.54, 1.807) is 0 Å². The van der Waals surface area contributed by atoms with Crippen molar-refractivity contribution in [2.75, 3.05) is 0 Å². The van der Waals surface area contributed by atoms with Crippen LogP contribution in [0.25, 0.3) is 11.3 Å². The fourth-order valence-corrected chi connectivity index (χ4v) is 3.36. The Kier molecular flexibility index (Phi) is 2.67. The molecule has 3 rings (SSSR count). The second-order valence-electron chi connectivity index (χ2n) is 4.64. The molecule has 0 atom stereocenters. The van der Waals surface area contributed by atoms with Crippen LogP contribution < -0.4 is 0 Å². The topological polar surface area (TPSA) is 50.2 Å². The van der Waals surface area contributed by atoms with Crippen molar-refractivity contribution >= 4 is 17.3 Å². The van der Waals surface area contributed by atoms with Crippen LogP contribution in [-0.4, -0.2) is 16.1 Å². The minimum atomic E-state index is -0.734. The molecule has 0 amide bonds. The third-order valence-electron chi connectivity index (χ3n) is 3.60. The molecule has 0 radical (unpaired) electrons. The first-order chi connectivity index (χ1) is 8.72. The minimum Gasteiger partial charge on any atom is -0.481 e.